The van der Waals surface area contributed by atoms with Crippen molar-refractivity contribution in [3.63, 3.8) is 0 Å². The number of amides is 1. The van der Waals surface area contributed by atoms with E-state index in [0.29, 0.717) is 6.42 Å². The largest absolute Gasteiger partial charge is 0.466 e. The van der Waals surface area contributed by atoms with Crippen molar-refractivity contribution in [1.29, 1.82) is 0 Å². The Morgan fingerprint density at radius 1 is 1.42 bits per heavy atom. The summed E-state index contributed by atoms with van der Waals surface area (Å²) in [5, 5.41) is 3.56. The molecular weight excluding hydrogens is 356 g/mol. The lowest BCUT2D eigenvalue weighted by Gasteiger charge is -2.58. The highest BCUT2D eigenvalue weighted by molar-refractivity contribution is 6.83. The molecule has 2 heterocycles. The Morgan fingerprint density at radius 2 is 2.08 bits per heavy atom. The second kappa shape index (κ2) is 7.68. The highest BCUT2D eigenvalue weighted by atomic mass is 28.3. The van der Waals surface area contributed by atoms with Crippen LogP contribution in [0.3, 0.4) is 0 Å². The molecule has 0 bridgehead atoms. The fourth-order valence-electron chi connectivity index (χ4n) is 2.77. The second-order valence-electron chi connectivity index (χ2n) is 7.06. The van der Waals surface area contributed by atoms with Gasteiger partial charge in [-0.2, -0.15) is 0 Å². The zero-order valence-electron chi connectivity index (χ0n) is 15.7. The quantitative estimate of drug-likeness (QED) is 0.133. The Balaban J connectivity index is 2.15. The van der Waals surface area contributed by atoms with Crippen LogP contribution in [-0.2, 0) is 23.8 Å². The minimum absolute atomic E-state index is 0.0529. The van der Waals surface area contributed by atoms with E-state index in [-0.39, 0.29) is 13.0 Å². The summed E-state index contributed by atoms with van der Waals surface area (Å²) in [5.41, 5.74) is 11.9. The van der Waals surface area contributed by atoms with Gasteiger partial charge < -0.3 is 14.2 Å². The zero-order valence-corrected chi connectivity index (χ0v) is 16.7. The number of β-lactam (4-membered cyclic amide) rings is 1. The molecule has 0 aromatic rings. The minimum Gasteiger partial charge on any atom is -0.466 e. The number of carbonyl (C=O) groups excluding carboxylic acids is 2. The van der Waals surface area contributed by atoms with E-state index in [1.54, 1.807) is 13.8 Å². The van der Waals surface area contributed by atoms with Gasteiger partial charge in [0, 0.05) is 11.3 Å². The summed E-state index contributed by atoms with van der Waals surface area (Å²) in [6.45, 7) is 10.0. The van der Waals surface area contributed by atoms with Crippen LogP contribution in [0.4, 0.5) is 0 Å². The Bertz CT molecular complexity index is 683. The lowest BCUT2D eigenvalue weighted by atomic mass is 9.94. The van der Waals surface area contributed by atoms with E-state index in [1.165, 1.54) is 4.90 Å². The van der Waals surface area contributed by atoms with E-state index >= 15 is 0 Å². The first-order chi connectivity index (χ1) is 12.2. The van der Waals surface area contributed by atoms with Crippen LogP contribution >= 0.6 is 0 Å². The molecule has 0 N–H and O–H groups in total. The summed E-state index contributed by atoms with van der Waals surface area (Å²) in [7, 11) is -1.69. The summed E-state index contributed by atoms with van der Waals surface area (Å²) in [4.78, 5) is 28.1. The first-order valence-corrected chi connectivity index (χ1v) is 12.1. The minimum atomic E-state index is -1.69. The van der Waals surface area contributed by atoms with Crippen LogP contribution in [0.5, 0.6) is 0 Å². The van der Waals surface area contributed by atoms with Crippen LogP contribution in [0.25, 0.3) is 10.4 Å². The Hall–Kier alpha value is -2.05. The molecule has 10 heteroatoms. The number of ether oxygens (including phenoxy) is 3. The fraction of sp³-hybridized carbons (Fsp3) is 0.750. The summed E-state index contributed by atoms with van der Waals surface area (Å²) in [6.07, 6.45) is -0.472. The smallest absolute Gasteiger partial charge is 0.310 e. The van der Waals surface area contributed by atoms with E-state index in [4.69, 9.17) is 19.7 Å². The van der Waals surface area contributed by atoms with E-state index in [2.05, 4.69) is 41.1 Å². The number of azide groups is 1. The second-order valence-corrected chi connectivity index (χ2v) is 11.8. The molecule has 1 amide bonds. The molecule has 2 unspecified atom stereocenters. The molecule has 0 saturated carbocycles. The van der Waals surface area contributed by atoms with Crippen LogP contribution in [0, 0.1) is 11.5 Å². The third-order valence-corrected chi connectivity index (χ3v) is 4.82. The van der Waals surface area contributed by atoms with Gasteiger partial charge in [0.25, 0.3) is 5.91 Å². The fourth-order valence-corrected chi connectivity index (χ4v) is 3.35. The maximum absolute atomic E-state index is 12.5. The molecule has 0 radical (unpaired) electrons. The molecule has 142 valence electrons. The van der Waals surface area contributed by atoms with Crippen molar-refractivity contribution in [2.45, 2.75) is 70.6 Å². The highest BCUT2D eigenvalue weighted by Crippen LogP contribution is 2.43. The van der Waals surface area contributed by atoms with Gasteiger partial charge in [0.1, 0.15) is 20.2 Å². The number of nitrogens with zero attached hydrogens (tertiary/aromatic N) is 4. The van der Waals surface area contributed by atoms with Gasteiger partial charge in [-0.05, 0) is 12.5 Å². The van der Waals surface area contributed by atoms with Gasteiger partial charge in [-0.1, -0.05) is 37.6 Å². The van der Waals surface area contributed by atoms with Gasteiger partial charge in [0.05, 0.1) is 13.0 Å². The summed E-state index contributed by atoms with van der Waals surface area (Å²) < 4.78 is 16.4. The molecule has 0 spiro atoms. The molecule has 2 saturated heterocycles. The maximum atomic E-state index is 12.5. The molecule has 26 heavy (non-hydrogen) atoms. The molecule has 0 aromatic heterocycles. The molecule has 0 aromatic carbocycles. The first kappa shape index (κ1) is 20.3. The van der Waals surface area contributed by atoms with Crippen molar-refractivity contribution in [2.75, 3.05) is 6.61 Å². The Morgan fingerprint density at radius 3 is 2.58 bits per heavy atom. The molecule has 2 rings (SSSR count). The van der Waals surface area contributed by atoms with Crippen molar-refractivity contribution in [3.8, 4) is 11.5 Å². The van der Waals surface area contributed by atoms with Gasteiger partial charge in [-0.15, -0.1) is 5.54 Å². The predicted molar refractivity (Wildman–Crippen MR) is 94.9 cm³/mol. The maximum Gasteiger partial charge on any atom is 0.310 e. The summed E-state index contributed by atoms with van der Waals surface area (Å²) in [6, 6.07) is -1.49. The van der Waals surface area contributed by atoms with Gasteiger partial charge >= 0.3 is 5.97 Å². The van der Waals surface area contributed by atoms with E-state index < -0.39 is 44.2 Å². The van der Waals surface area contributed by atoms with Crippen LogP contribution < -0.4 is 0 Å². The van der Waals surface area contributed by atoms with Crippen LogP contribution in [-0.4, -0.2) is 55.7 Å². The summed E-state index contributed by atoms with van der Waals surface area (Å²) >= 11 is 0. The van der Waals surface area contributed by atoms with Gasteiger partial charge in [-0.3, -0.25) is 14.5 Å². The van der Waals surface area contributed by atoms with Crippen LogP contribution in [0.15, 0.2) is 5.11 Å². The lowest BCUT2D eigenvalue weighted by molar-refractivity contribution is -0.499. The number of carbonyl (C=O) groups is 2. The van der Waals surface area contributed by atoms with E-state index in [0.717, 1.165) is 0 Å². The third-order valence-electron chi connectivity index (χ3n) is 3.92. The molecular formula is C16H24N4O5Si. The monoisotopic (exact) mass is 380 g/mol. The number of likely N-dealkylation sites (tertiary alicyclic amines) is 1. The van der Waals surface area contributed by atoms with Crippen molar-refractivity contribution in [2.24, 2.45) is 5.11 Å². The van der Waals surface area contributed by atoms with E-state index in [9.17, 15) is 9.59 Å². The molecule has 0 aliphatic carbocycles. The summed E-state index contributed by atoms with van der Waals surface area (Å²) in [5.74, 6) is 0.950. The SMILES string of the molecule is CCOC(=O)CC1OC(CC)(N2C(=O)C(N=[N+]=[N-])C2C#C[Si](C)(C)C)O1. The van der Waals surface area contributed by atoms with Crippen molar-refractivity contribution < 1.29 is 23.8 Å². The molecule has 9 nitrogen and oxygen atoms in total. The normalized spacial score (nSPS) is 30.3. The number of hydrogen-bond acceptors (Lipinski definition) is 6. The topological polar surface area (TPSA) is 114 Å². The standard InChI is InChI=1S/C16H24N4O5Si/c1-6-16(24-13(25-16)10-12(21)23-7-2)20-11(8-9-26(3,4)5)14(15(20)22)18-19-17/h11,13-14H,6-7,10H2,1-5H3. The molecule has 2 aliphatic heterocycles. The van der Waals surface area contributed by atoms with Crippen molar-refractivity contribution in [1.82, 2.24) is 4.90 Å². The van der Waals surface area contributed by atoms with Crippen LogP contribution in [0.2, 0.25) is 19.6 Å². The van der Waals surface area contributed by atoms with Gasteiger partial charge in [0.2, 0.25) is 5.91 Å². The zero-order chi connectivity index (χ0) is 19.5. The molecule has 2 atom stereocenters. The van der Waals surface area contributed by atoms with Crippen molar-refractivity contribution in [3.05, 3.63) is 10.4 Å². The van der Waals surface area contributed by atoms with Gasteiger partial charge in [0.15, 0.2) is 6.29 Å². The van der Waals surface area contributed by atoms with E-state index in [1.807, 2.05) is 0 Å². The number of hydrogen-bond donors (Lipinski definition) is 0. The molecule has 2 fully saturated rings. The number of esters is 1. The molecule has 2 aliphatic rings. The average Bonchev–Trinajstić information content (AvgIpc) is 2.52. The average molecular weight is 380 g/mol. The Kier molecular flexibility index (Phi) is 5.98. The van der Waals surface area contributed by atoms with Crippen LogP contribution in [0.1, 0.15) is 26.7 Å². The Labute approximate surface area is 153 Å². The highest BCUT2D eigenvalue weighted by Gasteiger charge is 2.62. The predicted octanol–water partition coefficient (Wildman–Crippen LogP) is 2.15. The lowest BCUT2D eigenvalue weighted by Crippen LogP contribution is -2.77. The van der Waals surface area contributed by atoms with Crippen molar-refractivity contribution >= 4 is 20.0 Å². The van der Waals surface area contributed by atoms with Gasteiger partial charge in [-0.25, -0.2) is 0 Å². The number of rotatable bonds is 6. The third kappa shape index (κ3) is 4.02. The first-order valence-electron chi connectivity index (χ1n) is 8.58.